The van der Waals surface area contributed by atoms with Crippen molar-refractivity contribution in [2.24, 2.45) is 0 Å². The maximum atomic E-state index is 3.60. The van der Waals surface area contributed by atoms with Gasteiger partial charge in [0.2, 0.25) is 0 Å². The maximum absolute atomic E-state index is 3.60. The van der Waals surface area contributed by atoms with E-state index in [0.717, 1.165) is 6.54 Å². The topological polar surface area (TPSA) is 12.0 Å². The average molecular weight is 332 g/mol. The molecule has 0 heterocycles. The molecule has 2 heteroatoms. The Morgan fingerprint density at radius 3 is 2.40 bits per heavy atom. The van der Waals surface area contributed by atoms with Gasteiger partial charge in [0.15, 0.2) is 0 Å². The van der Waals surface area contributed by atoms with Crippen molar-refractivity contribution in [3.05, 3.63) is 68.7 Å². The normalized spacial score (nSPS) is 12.4. The zero-order chi connectivity index (χ0) is 14.7. The smallest absolute Gasteiger partial charge is 0.0297 e. The van der Waals surface area contributed by atoms with Crippen LogP contribution in [0.4, 0.5) is 0 Å². The van der Waals surface area contributed by atoms with E-state index >= 15 is 0 Å². The molecule has 2 rings (SSSR count). The number of benzene rings is 2. The molecule has 1 nitrogen and oxygen atoms in total. The third-order valence-corrected chi connectivity index (χ3v) is 4.59. The molecule has 1 unspecified atom stereocenters. The Balaban J connectivity index is 2.04. The Morgan fingerprint density at radius 2 is 1.75 bits per heavy atom. The van der Waals surface area contributed by atoms with Crippen LogP contribution in [0.2, 0.25) is 0 Å². The largest absolute Gasteiger partial charge is 0.306 e. The molecule has 0 amide bonds. The van der Waals surface area contributed by atoms with E-state index in [1.807, 2.05) is 0 Å². The van der Waals surface area contributed by atoms with Crippen LogP contribution in [-0.2, 0) is 6.54 Å². The summed E-state index contributed by atoms with van der Waals surface area (Å²) in [6, 6.07) is 13.5. The van der Waals surface area contributed by atoms with Gasteiger partial charge in [-0.15, -0.1) is 0 Å². The molecule has 2 aromatic carbocycles. The minimum Gasteiger partial charge on any atom is -0.306 e. The Labute approximate surface area is 130 Å². The van der Waals surface area contributed by atoms with Gasteiger partial charge in [0.1, 0.15) is 0 Å². The lowest BCUT2D eigenvalue weighted by molar-refractivity contribution is 0.572. The van der Waals surface area contributed by atoms with E-state index in [9.17, 15) is 0 Å². The quantitative estimate of drug-likeness (QED) is 0.809. The van der Waals surface area contributed by atoms with Gasteiger partial charge in [-0.2, -0.15) is 0 Å². The zero-order valence-electron chi connectivity index (χ0n) is 12.6. The van der Waals surface area contributed by atoms with Crippen molar-refractivity contribution >= 4 is 15.9 Å². The van der Waals surface area contributed by atoms with Gasteiger partial charge in [-0.1, -0.05) is 51.8 Å². The third kappa shape index (κ3) is 3.71. The van der Waals surface area contributed by atoms with Crippen molar-refractivity contribution in [1.82, 2.24) is 5.32 Å². The van der Waals surface area contributed by atoms with Crippen molar-refractivity contribution in [3.8, 4) is 0 Å². The van der Waals surface area contributed by atoms with Gasteiger partial charge >= 0.3 is 0 Å². The fraction of sp³-hybridized carbons (Fsp3) is 0.333. The van der Waals surface area contributed by atoms with Gasteiger partial charge in [-0.05, 0) is 56.0 Å². The number of rotatable bonds is 4. The molecule has 0 saturated carbocycles. The molecular formula is C18H22BrN. The molecule has 0 spiro atoms. The molecule has 20 heavy (non-hydrogen) atoms. The second kappa shape index (κ2) is 6.55. The van der Waals surface area contributed by atoms with Crippen molar-refractivity contribution in [2.75, 3.05) is 0 Å². The van der Waals surface area contributed by atoms with E-state index in [1.54, 1.807) is 0 Å². The number of aryl methyl sites for hydroxylation is 3. The molecule has 0 aliphatic rings. The van der Waals surface area contributed by atoms with Gasteiger partial charge in [-0.25, -0.2) is 0 Å². The van der Waals surface area contributed by atoms with E-state index in [-0.39, 0.29) is 0 Å². The Kier molecular flexibility index (Phi) is 5.00. The van der Waals surface area contributed by atoms with Crippen LogP contribution in [0, 0.1) is 20.8 Å². The minimum atomic E-state index is 0.357. The lowest BCUT2D eigenvalue weighted by atomic mass is 10.00. The Bertz CT molecular complexity index is 604. The van der Waals surface area contributed by atoms with Crippen molar-refractivity contribution < 1.29 is 0 Å². The zero-order valence-corrected chi connectivity index (χ0v) is 14.2. The number of hydrogen-bond acceptors (Lipinski definition) is 1. The summed E-state index contributed by atoms with van der Waals surface area (Å²) < 4.78 is 1.18. The third-order valence-electron chi connectivity index (χ3n) is 3.74. The highest BCUT2D eigenvalue weighted by Crippen LogP contribution is 2.21. The monoisotopic (exact) mass is 331 g/mol. The molecule has 0 aliphatic carbocycles. The summed E-state index contributed by atoms with van der Waals surface area (Å²) in [6.45, 7) is 9.54. The summed E-state index contributed by atoms with van der Waals surface area (Å²) in [5, 5.41) is 3.60. The van der Waals surface area contributed by atoms with Gasteiger partial charge in [0, 0.05) is 17.1 Å². The summed E-state index contributed by atoms with van der Waals surface area (Å²) in [7, 11) is 0. The first-order chi connectivity index (χ1) is 9.47. The fourth-order valence-electron chi connectivity index (χ4n) is 2.44. The Hall–Kier alpha value is -1.12. The molecule has 106 valence electrons. The van der Waals surface area contributed by atoms with Crippen LogP contribution in [0.5, 0.6) is 0 Å². The predicted octanol–water partition coefficient (Wildman–Crippen LogP) is 5.23. The minimum absolute atomic E-state index is 0.357. The molecular weight excluding hydrogens is 310 g/mol. The molecule has 0 aromatic heterocycles. The highest BCUT2D eigenvalue weighted by molar-refractivity contribution is 9.10. The molecule has 0 fully saturated rings. The predicted molar refractivity (Wildman–Crippen MR) is 90.0 cm³/mol. The molecule has 1 atom stereocenters. The highest BCUT2D eigenvalue weighted by atomic mass is 79.9. The molecule has 2 aromatic rings. The van der Waals surface area contributed by atoms with Gasteiger partial charge in [0.05, 0.1) is 0 Å². The van der Waals surface area contributed by atoms with Crippen LogP contribution in [-0.4, -0.2) is 0 Å². The second-order valence-electron chi connectivity index (χ2n) is 5.55. The molecule has 0 bridgehead atoms. The standard InChI is InChI=1S/C18H22BrN/c1-12-5-8-17(14(3)9-12)15(4)20-11-16-7-6-13(2)18(19)10-16/h5-10,15,20H,11H2,1-4H3. The molecule has 0 aliphatic heterocycles. The summed E-state index contributed by atoms with van der Waals surface area (Å²) in [4.78, 5) is 0. The fourth-order valence-corrected chi connectivity index (χ4v) is 2.86. The van der Waals surface area contributed by atoms with E-state index in [2.05, 4.69) is 85.3 Å². The van der Waals surface area contributed by atoms with E-state index in [1.165, 1.54) is 32.3 Å². The molecule has 0 radical (unpaired) electrons. The first-order valence-corrected chi connectivity index (χ1v) is 7.82. The summed E-state index contributed by atoms with van der Waals surface area (Å²) >= 11 is 3.59. The van der Waals surface area contributed by atoms with Crippen LogP contribution >= 0.6 is 15.9 Å². The van der Waals surface area contributed by atoms with E-state index < -0.39 is 0 Å². The van der Waals surface area contributed by atoms with Crippen LogP contribution < -0.4 is 5.32 Å². The van der Waals surface area contributed by atoms with Crippen molar-refractivity contribution in [1.29, 1.82) is 0 Å². The first-order valence-electron chi connectivity index (χ1n) is 7.03. The van der Waals surface area contributed by atoms with Crippen LogP contribution in [0.3, 0.4) is 0 Å². The van der Waals surface area contributed by atoms with Crippen molar-refractivity contribution in [2.45, 2.75) is 40.3 Å². The molecule has 1 N–H and O–H groups in total. The van der Waals surface area contributed by atoms with Crippen LogP contribution in [0.15, 0.2) is 40.9 Å². The summed E-state index contributed by atoms with van der Waals surface area (Å²) in [6.07, 6.45) is 0. The average Bonchev–Trinajstić information content (AvgIpc) is 2.40. The van der Waals surface area contributed by atoms with Gasteiger partial charge < -0.3 is 5.32 Å². The lowest BCUT2D eigenvalue weighted by Gasteiger charge is -2.17. The van der Waals surface area contributed by atoms with E-state index in [4.69, 9.17) is 0 Å². The number of halogens is 1. The maximum Gasteiger partial charge on any atom is 0.0297 e. The first kappa shape index (κ1) is 15.3. The van der Waals surface area contributed by atoms with Crippen molar-refractivity contribution in [3.63, 3.8) is 0 Å². The van der Waals surface area contributed by atoms with Crippen LogP contribution in [0.1, 0.15) is 40.8 Å². The van der Waals surface area contributed by atoms with Crippen LogP contribution in [0.25, 0.3) is 0 Å². The Morgan fingerprint density at radius 1 is 1.00 bits per heavy atom. The molecule has 0 saturated heterocycles. The highest BCUT2D eigenvalue weighted by Gasteiger charge is 2.08. The number of nitrogens with one attached hydrogen (secondary N) is 1. The van der Waals surface area contributed by atoms with Gasteiger partial charge in [-0.3, -0.25) is 0 Å². The summed E-state index contributed by atoms with van der Waals surface area (Å²) in [5.74, 6) is 0. The number of hydrogen-bond donors (Lipinski definition) is 1. The summed E-state index contributed by atoms with van der Waals surface area (Å²) in [5.41, 5.74) is 6.63. The lowest BCUT2D eigenvalue weighted by Crippen LogP contribution is -2.19. The van der Waals surface area contributed by atoms with Gasteiger partial charge in [0.25, 0.3) is 0 Å². The second-order valence-corrected chi connectivity index (χ2v) is 6.40. The van der Waals surface area contributed by atoms with E-state index in [0.29, 0.717) is 6.04 Å². The SMILES string of the molecule is Cc1ccc(C(C)NCc2ccc(C)c(Br)c2)c(C)c1.